The number of likely N-dealkylation sites (tertiary alicyclic amines) is 1. The van der Waals surface area contributed by atoms with Gasteiger partial charge >= 0.3 is 5.97 Å². The molecule has 0 spiro atoms. The van der Waals surface area contributed by atoms with Crippen LogP contribution in [0.25, 0.3) is 11.0 Å². The van der Waals surface area contributed by atoms with Crippen molar-refractivity contribution in [1.29, 1.82) is 0 Å². The number of nitrogens with zero attached hydrogens (tertiary/aromatic N) is 4. The number of carbonyl (C=O) groups excluding carboxylic acids is 1. The molecule has 2 unspecified atom stereocenters. The molecule has 0 saturated carbocycles. The minimum Gasteiger partial charge on any atom is -0.481 e. The summed E-state index contributed by atoms with van der Waals surface area (Å²) in [6.45, 7) is 6.86. The van der Waals surface area contributed by atoms with Gasteiger partial charge in [-0.25, -0.2) is 9.67 Å². The number of piperidine rings is 1. The highest BCUT2D eigenvalue weighted by Crippen LogP contribution is 2.25. The van der Waals surface area contributed by atoms with Crippen LogP contribution in [0, 0.1) is 12.8 Å². The zero-order valence-corrected chi connectivity index (χ0v) is 14.9. The van der Waals surface area contributed by atoms with E-state index in [2.05, 4.69) is 23.9 Å². The highest BCUT2D eigenvalue weighted by molar-refractivity contribution is 6.05. The van der Waals surface area contributed by atoms with Gasteiger partial charge in [0, 0.05) is 18.8 Å². The number of aryl methyl sites for hydroxylation is 1. The molecular weight excluding hydrogens is 320 g/mol. The Balaban J connectivity index is 1.99. The summed E-state index contributed by atoms with van der Waals surface area (Å²) < 4.78 is 1.86. The molecule has 1 fully saturated rings. The highest BCUT2D eigenvalue weighted by Gasteiger charge is 2.30. The van der Waals surface area contributed by atoms with Crippen LogP contribution >= 0.6 is 0 Å². The topological polar surface area (TPSA) is 88.3 Å². The van der Waals surface area contributed by atoms with E-state index in [1.807, 2.05) is 11.6 Å². The molecule has 134 valence electrons. The van der Waals surface area contributed by atoms with E-state index in [0.29, 0.717) is 30.6 Å². The highest BCUT2D eigenvalue weighted by atomic mass is 16.4. The molecule has 0 aliphatic carbocycles. The van der Waals surface area contributed by atoms with E-state index in [0.717, 1.165) is 17.5 Å². The van der Waals surface area contributed by atoms with Gasteiger partial charge in [0.25, 0.3) is 5.91 Å². The summed E-state index contributed by atoms with van der Waals surface area (Å²) in [5, 5.41) is 14.4. The summed E-state index contributed by atoms with van der Waals surface area (Å²) in [6.07, 6.45) is 3.94. The maximum Gasteiger partial charge on any atom is 0.308 e. The molecule has 3 heterocycles. The Morgan fingerprint density at radius 2 is 2.20 bits per heavy atom. The predicted octanol–water partition coefficient (Wildman–Crippen LogP) is 2.65. The number of carboxylic acid groups (broad SMARTS) is 1. The number of aromatic nitrogens is 3. The quantitative estimate of drug-likeness (QED) is 0.921. The van der Waals surface area contributed by atoms with Gasteiger partial charge in [0.15, 0.2) is 5.65 Å². The van der Waals surface area contributed by atoms with Gasteiger partial charge in [0.1, 0.15) is 0 Å². The lowest BCUT2D eigenvalue weighted by Gasteiger charge is -2.31. The third-order valence-electron chi connectivity index (χ3n) is 4.99. The molecule has 1 amide bonds. The number of hydrogen-bond acceptors (Lipinski definition) is 4. The van der Waals surface area contributed by atoms with Gasteiger partial charge in [-0.15, -0.1) is 0 Å². The zero-order chi connectivity index (χ0) is 18.1. The van der Waals surface area contributed by atoms with Crippen molar-refractivity contribution in [3.05, 3.63) is 23.5 Å². The number of aliphatic carboxylic acids is 1. The Bertz CT molecular complexity index is 814. The van der Waals surface area contributed by atoms with E-state index in [9.17, 15) is 14.7 Å². The third kappa shape index (κ3) is 3.23. The summed E-state index contributed by atoms with van der Waals surface area (Å²) in [4.78, 5) is 30.5. The second kappa shape index (κ2) is 6.82. The first kappa shape index (κ1) is 17.4. The Kier molecular flexibility index (Phi) is 4.74. The molecule has 25 heavy (non-hydrogen) atoms. The predicted molar refractivity (Wildman–Crippen MR) is 93.5 cm³/mol. The van der Waals surface area contributed by atoms with E-state index in [1.165, 1.54) is 0 Å². The SMILES string of the molecule is CCC(C)n1ncc2c(C(=O)N3CCCC(C(=O)O)C3)cc(C)nc21. The average Bonchev–Trinajstić information content (AvgIpc) is 3.03. The zero-order valence-electron chi connectivity index (χ0n) is 14.9. The molecule has 1 aliphatic rings. The van der Waals surface area contributed by atoms with Gasteiger partial charge < -0.3 is 10.0 Å². The van der Waals surface area contributed by atoms with Crippen LogP contribution in [0.5, 0.6) is 0 Å². The molecule has 0 radical (unpaired) electrons. The number of carbonyl (C=O) groups is 2. The molecule has 1 N–H and O–H groups in total. The van der Waals surface area contributed by atoms with E-state index in [1.54, 1.807) is 17.2 Å². The normalized spacial score (nSPS) is 19.2. The minimum atomic E-state index is -0.835. The Morgan fingerprint density at radius 1 is 1.44 bits per heavy atom. The van der Waals surface area contributed by atoms with Crippen LogP contribution in [0.2, 0.25) is 0 Å². The van der Waals surface area contributed by atoms with Crippen molar-refractivity contribution in [1.82, 2.24) is 19.7 Å². The first-order chi connectivity index (χ1) is 11.9. The van der Waals surface area contributed by atoms with Crippen LogP contribution in [0.15, 0.2) is 12.3 Å². The molecule has 0 bridgehead atoms. The van der Waals surface area contributed by atoms with Crippen LogP contribution in [-0.4, -0.2) is 49.7 Å². The molecule has 1 saturated heterocycles. The molecule has 7 nitrogen and oxygen atoms in total. The van der Waals surface area contributed by atoms with Gasteiger partial charge in [-0.2, -0.15) is 5.10 Å². The largest absolute Gasteiger partial charge is 0.481 e. The number of carboxylic acids is 1. The van der Waals surface area contributed by atoms with Crippen molar-refractivity contribution in [3.8, 4) is 0 Å². The molecule has 1 aliphatic heterocycles. The van der Waals surface area contributed by atoms with Crippen LogP contribution < -0.4 is 0 Å². The lowest BCUT2D eigenvalue weighted by Crippen LogP contribution is -2.42. The number of fused-ring (bicyclic) bond motifs is 1. The van der Waals surface area contributed by atoms with Crippen molar-refractivity contribution in [2.24, 2.45) is 5.92 Å². The van der Waals surface area contributed by atoms with Crippen molar-refractivity contribution in [2.75, 3.05) is 13.1 Å². The van der Waals surface area contributed by atoms with Crippen LogP contribution in [-0.2, 0) is 4.79 Å². The van der Waals surface area contributed by atoms with Crippen molar-refractivity contribution >= 4 is 22.9 Å². The number of hydrogen-bond donors (Lipinski definition) is 1. The van der Waals surface area contributed by atoms with E-state index >= 15 is 0 Å². The number of pyridine rings is 1. The van der Waals surface area contributed by atoms with Gasteiger partial charge in [0.05, 0.1) is 29.1 Å². The van der Waals surface area contributed by atoms with Crippen molar-refractivity contribution in [2.45, 2.75) is 46.1 Å². The van der Waals surface area contributed by atoms with Crippen LogP contribution in [0.3, 0.4) is 0 Å². The fourth-order valence-electron chi connectivity index (χ4n) is 3.35. The van der Waals surface area contributed by atoms with Crippen molar-refractivity contribution < 1.29 is 14.7 Å². The smallest absolute Gasteiger partial charge is 0.308 e. The van der Waals surface area contributed by atoms with E-state index in [-0.39, 0.29) is 18.5 Å². The standard InChI is InChI=1S/C18H24N4O3/c1-4-12(3)22-16-15(9-19-22)14(8-11(2)20-16)17(23)21-7-5-6-13(10-21)18(24)25/h8-9,12-13H,4-7,10H2,1-3H3,(H,24,25). The summed E-state index contributed by atoms with van der Waals surface area (Å²) >= 11 is 0. The van der Waals surface area contributed by atoms with Crippen molar-refractivity contribution in [3.63, 3.8) is 0 Å². The molecule has 2 atom stereocenters. The summed E-state index contributed by atoms with van der Waals surface area (Å²) in [7, 11) is 0. The Morgan fingerprint density at radius 3 is 2.88 bits per heavy atom. The van der Waals surface area contributed by atoms with Gasteiger partial charge in [-0.1, -0.05) is 6.92 Å². The fourth-order valence-corrected chi connectivity index (χ4v) is 3.35. The fraction of sp³-hybridized carbons (Fsp3) is 0.556. The Hall–Kier alpha value is -2.44. The lowest BCUT2D eigenvalue weighted by atomic mass is 9.97. The Labute approximate surface area is 146 Å². The van der Waals surface area contributed by atoms with Crippen LogP contribution in [0.1, 0.15) is 55.2 Å². The maximum atomic E-state index is 13.1. The van der Waals surface area contributed by atoms with E-state index in [4.69, 9.17) is 0 Å². The molecule has 2 aromatic heterocycles. The molecule has 7 heteroatoms. The summed E-state index contributed by atoms with van der Waals surface area (Å²) in [6, 6.07) is 1.97. The first-order valence-electron chi connectivity index (χ1n) is 8.79. The molecule has 3 rings (SSSR count). The molecule has 2 aromatic rings. The third-order valence-corrected chi connectivity index (χ3v) is 4.99. The summed E-state index contributed by atoms with van der Waals surface area (Å²) in [5.74, 6) is -1.46. The second-order valence-electron chi connectivity index (χ2n) is 6.82. The van der Waals surface area contributed by atoms with Crippen LogP contribution in [0.4, 0.5) is 0 Å². The van der Waals surface area contributed by atoms with E-state index < -0.39 is 11.9 Å². The maximum absolute atomic E-state index is 13.1. The van der Waals surface area contributed by atoms with Gasteiger partial charge in [-0.05, 0) is 39.2 Å². The lowest BCUT2D eigenvalue weighted by molar-refractivity contribution is -0.143. The first-order valence-corrected chi connectivity index (χ1v) is 8.79. The summed E-state index contributed by atoms with van der Waals surface area (Å²) in [5.41, 5.74) is 2.03. The molecule has 0 aromatic carbocycles. The van der Waals surface area contributed by atoms with Gasteiger partial charge in [-0.3, -0.25) is 9.59 Å². The average molecular weight is 344 g/mol. The van der Waals surface area contributed by atoms with Gasteiger partial charge in [0.2, 0.25) is 0 Å². The number of rotatable bonds is 4. The monoisotopic (exact) mass is 344 g/mol. The second-order valence-corrected chi connectivity index (χ2v) is 6.82. The number of amides is 1. The minimum absolute atomic E-state index is 0.134. The molecular formula is C18H24N4O3.